The van der Waals surface area contributed by atoms with E-state index in [4.69, 9.17) is 15.2 Å². The topological polar surface area (TPSA) is 108 Å². The van der Waals surface area contributed by atoms with Crippen molar-refractivity contribution in [1.82, 2.24) is 4.72 Å². The van der Waals surface area contributed by atoms with Gasteiger partial charge in [0.15, 0.2) is 11.5 Å². The van der Waals surface area contributed by atoms with E-state index >= 15 is 0 Å². The van der Waals surface area contributed by atoms with Crippen molar-refractivity contribution in [2.75, 3.05) is 13.2 Å². The highest BCUT2D eigenvalue weighted by Crippen LogP contribution is 2.30. The highest BCUT2D eigenvalue weighted by Gasteiger charge is 2.16. The molecule has 3 rings (SSSR count). The molecular weight excluding hydrogens is 332 g/mol. The van der Waals surface area contributed by atoms with Crippen LogP contribution in [-0.4, -0.2) is 27.5 Å². The number of hydrogen-bond donors (Lipinski definition) is 2. The Morgan fingerprint density at radius 1 is 1.04 bits per heavy atom. The first-order valence-corrected chi connectivity index (χ1v) is 8.72. The third-order valence-corrected chi connectivity index (χ3v) is 4.94. The molecule has 0 spiro atoms. The Morgan fingerprint density at radius 2 is 1.71 bits per heavy atom. The van der Waals surface area contributed by atoms with Crippen LogP contribution in [0.2, 0.25) is 0 Å². The lowest BCUT2D eigenvalue weighted by atomic mass is 10.2. The fourth-order valence-electron chi connectivity index (χ4n) is 2.26. The van der Waals surface area contributed by atoms with E-state index in [1.54, 1.807) is 18.2 Å². The summed E-state index contributed by atoms with van der Waals surface area (Å²) in [6, 6.07) is 10.7. The van der Waals surface area contributed by atoms with Crippen molar-refractivity contribution in [3.05, 3.63) is 53.6 Å². The second kappa shape index (κ2) is 6.50. The highest BCUT2D eigenvalue weighted by atomic mass is 32.2. The lowest BCUT2D eigenvalue weighted by Gasteiger charge is -2.19. The molecule has 126 valence electrons. The van der Waals surface area contributed by atoms with Gasteiger partial charge in [-0.15, -0.1) is 0 Å². The molecule has 24 heavy (non-hydrogen) atoms. The zero-order chi connectivity index (χ0) is 17.2. The molecule has 8 heteroatoms. The van der Waals surface area contributed by atoms with Gasteiger partial charge in [0.25, 0.3) is 0 Å². The molecule has 0 atom stereocenters. The van der Waals surface area contributed by atoms with Gasteiger partial charge in [0.05, 0.1) is 4.90 Å². The van der Waals surface area contributed by atoms with Crippen LogP contribution < -0.4 is 19.9 Å². The van der Waals surface area contributed by atoms with Gasteiger partial charge < -0.3 is 15.2 Å². The fraction of sp³-hybridized carbons (Fsp3) is 0.188. The van der Waals surface area contributed by atoms with Gasteiger partial charge in [-0.3, -0.25) is 4.79 Å². The van der Waals surface area contributed by atoms with Crippen LogP contribution in [-0.2, 0) is 16.6 Å². The van der Waals surface area contributed by atoms with E-state index < -0.39 is 15.9 Å². The second-order valence-electron chi connectivity index (χ2n) is 5.19. The maximum absolute atomic E-state index is 12.3. The molecule has 1 aliphatic heterocycles. The molecule has 0 fully saturated rings. The number of benzene rings is 2. The zero-order valence-electron chi connectivity index (χ0n) is 12.7. The number of fused-ring (bicyclic) bond motifs is 1. The summed E-state index contributed by atoms with van der Waals surface area (Å²) in [6.45, 7) is 1.07. The Balaban J connectivity index is 1.72. The van der Waals surface area contributed by atoms with Crippen molar-refractivity contribution >= 4 is 15.9 Å². The summed E-state index contributed by atoms with van der Waals surface area (Å²) < 4.78 is 38.0. The van der Waals surface area contributed by atoms with Crippen molar-refractivity contribution in [2.45, 2.75) is 11.4 Å². The normalized spacial score (nSPS) is 13.5. The quantitative estimate of drug-likeness (QED) is 0.839. The van der Waals surface area contributed by atoms with E-state index in [9.17, 15) is 13.2 Å². The molecule has 0 saturated carbocycles. The molecule has 0 aromatic heterocycles. The van der Waals surface area contributed by atoms with Crippen LogP contribution in [0.25, 0.3) is 0 Å². The van der Waals surface area contributed by atoms with Crippen LogP contribution in [0.1, 0.15) is 15.9 Å². The molecule has 2 aromatic carbocycles. The van der Waals surface area contributed by atoms with Crippen molar-refractivity contribution < 1.29 is 22.7 Å². The molecule has 2 aromatic rings. The Kier molecular flexibility index (Phi) is 4.41. The standard InChI is InChI=1S/C16H16N2O5S/c17-16(19)12-2-4-13(5-3-12)24(20,21)18-10-11-1-6-14-15(9-11)23-8-7-22-14/h1-6,9,18H,7-8,10H2,(H2,17,19). The summed E-state index contributed by atoms with van der Waals surface area (Å²) in [6.07, 6.45) is 0. The molecule has 0 radical (unpaired) electrons. The van der Waals surface area contributed by atoms with Crippen LogP contribution in [0.15, 0.2) is 47.4 Å². The number of hydrogen-bond acceptors (Lipinski definition) is 5. The van der Waals surface area contributed by atoms with E-state index in [2.05, 4.69) is 4.72 Å². The van der Waals surface area contributed by atoms with E-state index in [0.29, 0.717) is 24.7 Å². The Bertz CT molecular complexity index is 863. The van der Waals surface area contributed by atoms with Gasteiger partial charge in [-0.2, -0.15) is 0 Å². The summed E-state index contributed by atoms with van der Waals surface area (Å²) in [4.78, 5) is 11.1. The Hall–Kier alpha value is -2.58. The van der Waals surface area contributed by atoms with Crippen LogP contribution in [0.5, 0.6) is 11.5 Å². The minimum Gasteiger partial charge on any atom is -0.486 e. The van der Waals surface area contributed by atoms with E-state index in [0.717, 1.165) is 5.56 Å². The average molecular weight is 348 g/mol. The monoisotopic (exact) mass is 348 g/mol. The molecular formula is C16H16N2O5S. The van der Waals surface area contributed by atoms with Gasteiger partial charge >= 0.3 is 0 Å². The smallest absolute Gasteiger partial charge is 0.248 e. The Morgan fingerprint density at radius 3 is 2.38 bits per heavy atom. The summed E-state index contributed by atoms with van der Waals surface area (Å²) in [7, 11) is -3.70. The van der Waals surface area contributed by atoms with Crippen LogP contribution >= 0.6 is 0 Å². The van der Waals surface area contributed by atoms with E-state index in [1.807, 2.05) is 0 Å². The second-order valence-corrected chi connectivity index (χ2v) is 6.96. The SMILES string of the molecule is NC(=O)c1ccc(S(=O)(=O)NCc2ccc3c(c2)OCCO3)cc1. The van der Waals surface area contributed by atoms with Gasteiger partial charge in [0.1, 0.15) is 13.2 Å². The van der Waals surface area contributed by atoms with Gasteiger partial charge in [-0.25, -0.2) is 13.1 Å². The molecule has 0 bridgehead atoms. The molecule has 3 N–H and O–H groups in total. The molecule has 7 nitrogen and oxygen atoms in total. The lowest BCUT2D eigenvalue weighted by molar-refractivity contribution is 0.1000. The summed E-state index contributed by atoms with van der Waals surface area (Å²) in [5.74, 6) is 0.641. The number of nitrogens with one attached hydrogen (secondary N) is 1. The van der Waals surface area contributed by atoms with Crippen molar-refractivity contribution in [3.8, 4) is 11.5 Å². The minimum absolute atomic E-state index is 0.0602. The lowest BCUT2D eigenvalue weighted by Crippen LogP contribution is -2.23. The molecule has 1 aliphatic rings. The first-order valence-electron chi connectivity index (χ1n) is 7.24. The largest absolute Gasteiger partial charge is 0.486 e. The molecule has 0 saturated heterocycles. The number of ether oxygens (including phenoxy) is 2. The molecule has 0 unspecified atom stereocenters. The van der Waals surface area contributed by atoms with Crippen LogP contribution in [0, 0.1) is 0 Å². The van der Waals surface area contributed by atoms with Crippen LogP contribution in [0.4, 0.5) is 0 Å². The van der Waals surface area contributed by atoms with Gasteiger partial charge in [0, 0.05) is 12.1 Å². The number of carbonyl (C=O) groups is 1. The molecule has 0 aliphatic carbocycles. The number of sulfonamides is 1. The van der Waals surface area contributed by atoms with Crippen molar-refractivity contribution in [2.24, 2.45) is 5.73 Å². The first-order chi connectivity index (χ1) is 11.5. The highest BCUT2D eigenvalue weighted by molar-refractivity contribution is 7.89. The molecule has 1 heterocycles. The molecule has 1 amide bonds. The first kappa shape index (κ1) is 16.3. The van der Waals surface area contributed by atoms with E-state index in [1.165, 1.54) is 24.3 Å². The maximum Gasteiger partial charge on any atom is 0.248 e. The zero-order valence-corrected chi connectivity index (χ0v) is 13.5. The number of amides is 1. The summed E-state index contributed by atoms with van der Waals surface area (Å²) in [5, 5.41) is 0. The number of carbonyl (C=O) groups excluding carboxylic acids is 1. The van der Waals surface area contributed by atoms with Crippen molar-refractivity contribution in [3.63, 3.8) is 0 Å². The third kappa shape index (κ3) is 3.50. The maximum atomic E-state index is 12.3. The Labute approximate surface area is 139 Å². The summed E-state index contributed by atoms with van der Waals surface area (Å²) in [5.41, 5.74) is 6.13. The number of rotatable bonds is 5. The van der Waals surface area contributed by atoms with Crippen LogP contribution in [0.3, 0.4) is 0 Å². The minimum atomic E-state index is -3.70. The van der Waals surface area contributed by atoms with Crippen molar-refractivity contribution in [1.29, 1.82) is 0 Å². The average Bonchev–Trinajstić information content (AvgIpc) is 2.60. The van der Waals surface area contributed by atoms with E-state index in [-0.39, 0.29) is 17.0 Å². The number of primary amides is 1. The van der Waals surface area contributed by atoms with Gasteiger partial charge in [0.2, 0.25) is 15.9 Å². The summed E-state index contributed by atoms with van der Waals surface area (Å²) >= 11 is 0. The van der Waals surface area contributed by atoms with Gasteiger partial charge in [-0.05, 0) is 42.0 Å². The van der Waals surface area contributed by atoms with Gasteiger partial charge in [-0.1, -0.05) is 6.07 Å². The number of nitrogens with two attached hydrogens (primary N) is 1. The fourth-order valence-corrected chi connectivity index (χ4v) is 3.28. The predicted octanol–water partition coefficient (Wildman–Crippen LogP) is 1.04. The predicted molar refractivity (Wildman–Crippen MR) is 86.4 cm³/mol. The third-order valence-electron chi connectivity index (χ3n) is 3.52.